The summed E-state index contributed by atoms with van der Waals surface area (Å²) in [6, 6.07) is 17.3. The van der Waals surface area contributed by atoms with Gasteiger partial charge in [-0.3, -0.25) is 14.7 Å². The predicted molar refractivity (Wildman–Crippen MR) is 154 cm³/mol. The molecule has 0 fully saturated rings. The van der Waals surface area contributed by atoms with Gasteiger partial charge in [0, 0.05) is 15.8 Å². The molecule has 0 aliphatic carbocycles. The first-order chi connectivity index (χ1) is 18.2. The first-order valence-corrected chi connectivity index (χ1v) is 14.0. The average molecular weight is 661 g/mol. The third-order valence-electron chi connectivity index (χ3n) is 5.20. The molecule has 3 N–H and O–H groups in total. The van der Waals surface area contributed by atoms with E-state index in [4.69, 9.17) is 4.74 Å². The van der Waals surface area contributed by atoms with E-state index in [1.54, 1.807) is 41.0 Å². The molecule has 0 radical (unpaired) electrons. The quantitative estimate of drug-likeness (QED) is 0.190. The van der Waals surface area contributed by atoms with Crippen LogP contribution in [-0.4, -0.2) is 44.2 Å². The summed E-state index contributed by atoms with van der Waals surface area (Å²) in [6.07, 6.45) is 0. The van der Waals surface area contributed by atoms with Crippen molar-refractivity contribution in [2.45, 2.75) is 19.0 Å². The molecule has 0 saturated carbocycles. The Morgan fingerprint density at radius 1 is 1.05 bits per heavy atom. The van der Waals surface area contributed by atoms with E-state index in [0.717, 1.165) is 27.5 Å². The SMILES string of the molecule is CCOc1ccc(NC(=O)NC(=O)CSc2nnc(-c3cc(Br)cc(Br)c3O)n2-c2ccc(C)cc2)cc1. The minimum absolute atomic E-state index is 0.00853. The van der Waals surface area contributed by atoms with Crippen molar-refractivity contribution < 1.29 is 19.4 Å². The maximum atomic E-state index is 12.5. The molecule has 3 amide bonds. The number of anilines is 1. The highest BCUT2D eigenvalue weighted by molar-refractivity contribution is 9.11. The highest BCUT2D eigenvalue weighted by atomic mass is 79.9. The molecular weight excluding hydrogens is 638 g/mol. The third kappa shape index (κ3) is 6.74. The largest absolute Gasteiger partial charge is 0.506 e. The number of phenolic OH excluding ortho intramolecular Hbond substituents is 1. The van der Waals surface area contributed by atoms with Crippen molar-refractivity contribution in [2.24, 2.45) is 0 Å². The van der Waals surface area contributed by atoms with Crippen molar-refractivity contribution in [3.05, 3.63) is 75.2 Å². The molecule has 196 valence electrons. The van der Waals surface area contributed by atoms with E-state index in [1.807, 2.05) is 38.1 Å². The van der Waals surface area contributed by atoms with Gasteiger partial charge in [0.2, 0.25) is 5.91 Å². The summed E-state index contributed by atoms with van der Waals surface area (Å²) in [5.41, 5.74) is 2.80. The van der Waals surface area contributed by atoms with E-state index in [2.05, 4.69) is 52.7 Å². The van der Waals surface area contributed by atoms with Crippen LogP contribution in [0.2, 0.25) is 0 Å². The summed E-state index contributed by atoms with van der Waals surface area (Å²) in [7, 11) is 0. The monoisotopic (exact) mass is 659 g/mol. The van der Waals surface area contributed by atoms with Crippen molar-refractivity contribution in [3.8, 4) is 28.6 Å². The second-order valence-corrected chi connectivity index (χ2v) is 10.7. The van der Waals surface area contributed by atoms with E-state index in [-0.39, 0.29) is 11.5 Å². The second-order valence-electron chi connectivity index (χ2n) is 8.01. The van der Waals surface area contributed by atoms with Gasteiger partial charge >= 0.3 is 6.03 Å². The summed E-state index contributed by atoms with van der Waals surface area (Å²) in [4.78, 5) is 24.8. The van der Waals surface area contributed by atoms with Crippen LogP contribution in [0.1, 0.15) is 12.5 Å². The van der Waals surface area contributed by atoms with E-state index in [9.17, 15) is 14.7 Å². The van der Waals surface area contributed by atoms with Crippen LogP contribution < -0.4 is 15.4 Å². The van der Waals surface area contributed by atoms with Crippen LogP contribution in [0.15, 0.2) is 74.8 Å². The van der Waals surface area contributed by atoms with Gasteiger partial charge in [-0.15, -0.1) is 10.2 Å². The molecule has 4 aromatic rings. The summed E-state index contributed by atoms with van der Waals surface area (Å²) in [5.74, 6) is 0.492. The standard InChI is InChI=1S/C26H23Br2N5O4S/c1-3-37-19-10-6-17(7-11-19)29-25(36)30-22(34)14-38-26-32-31-24(20-12-16(27)13-21(28)23(20)35)33(26)18-8-4-15(2)5-9-18/h4-13,35H,3,14H2,1-2H3,(H2,29,30,34,36). The summed E-state index contributed by atoms with van der Waals surface area (Å²) in [6.45, 7) is 4.41. The number of nitrogens with zero attached hydrogens (tertiary/aromatic N) is 3. The minimum Gasteiger partial charge on any atom is -0.506 e. The zero-order valence-corrected chi connectivity index (χ0v) is 24.4. The predicted octanol–water partition coefficient (Wildman–Crippen LogP) is 6.31. The number of phenols is 1. The molecule has 3 aromatic carbocycles. The van der Waals surface area contributed by atoms with Gasteiger partial charge in [0.15, 0.2) is 11.0 Å². The number of urea groups is 1. The number of carbonyl (C=O) groups excluding carboxylic acids is 2. The maximum Gasteiger partial charge on any atom is 0.325 e. The Hall–Kier alpha value is -3.35. The lowest BCUT2D eigenvalue weighted by molar-refractivity contribution is -0.117. The zero-order chi connectivity index (χ0) is 27.2. The molecule has 4 rings (SSSR count). The first kappa shape index (κ1) is 27.7. The number of benzene rings is 3. The number of aromatic hydroxyl groups is 1. The Kier molecular flexibility index (Phi) is 9.08. The van der Waals surface area contributed by atoms with E-state index in [1.165, 1.54) is 0 Å². The summed E-state index contributed by atoms with van der Waals surface area (Å²) < 4.78 is 8.37. The van der Waals surface area contributed by atoms with Crippen LogP contribution in [0.25, 0.3) is 17.1 Å². The number of hydrogen-bond acceptors (Lipinski definition) is 7. The number of hydrogen-bond donors (Lipinski definition) is 3. The van der Waals surface area contributed by atoms with Crippen LogP contribution in [0.5, 0.6) is 11.5 Å². The lowest BCUT2D eigenvalue weighted by atomic mass is 10.1. The number of ether oxygens (including phenoxy) is 1. The third-order valence-corrected chi connectivity index (χ3v) is 7.19. The fourth-order valence-electron chi connectivity index (χ4n) is 3.46. The molecule has 38 heavy (non-hydrogen) atoms. The van der Waals surface area contributed by atoms with Crippen molar-refractivity contribution in [2.75, 3.05) is 17.7 Å². The Labute approximate surface area is 240 Å². The van der Waals surface area contributed by atoms with Gasteiger partial charge in [-0.1, -0.05) is 45.4 Å². The Morgan fingerprint density at radius 3 is 2.45 bits per heavy atom. The minimum atomic E-state index is -0.649. The number of imide groups is 1. The van der Waals surface area contributed by atoms with Crippen LogP contribution in [0, 0.1) is 6.92 Å². The number of halogens is 2. The highest BCUT2D eigenvalue weighted by Gasteiger charge is 2.21. The molecule has 0 aliphatic heterocycles. The number of nitrogens with one attached hydrogen (secondary N) is 2. The average Bonchev–Trinajstić information content (AvgIpc) is 3.30. The van der Waals surface area contributed by atoms with Crippen molar-refractivity contribution in [1.29, 1.82) is 0 Å². The smallest absolute Gasteiger partial charge is 0.325 e. The second kappa shape index (κ2) is 12.5. The van der Waals surface area contributed by atoms with Gasteiger partial charge < -0.3 is 15.2 Å². The van der Waals surface area contributed by atoms with Crippen LogP contribution in [0.4, 0.5) is 10.5 Å². The number of aryl methyl sites for hydroxylation is 1. The van der Waals surface area contributed by atoms with Gasteiger partial charge in [-0.2, -0.15) is 0 Å². The number of carbonyl (C=O) groups is 2. The molecule has 0 spiro atoms. The Morgan fingerprint density at radius 2 is 1.76 bits per heavy atom. The number of aromatic nitrogens is 3. The molecule has 0 unspecified atom stereocenters. The van der Waals surface area contributed by atoms with Crippen LogP contribution in [-0.2, 0) is 4.79 Å². The van der Waals surface area contributed by atoms with Gasteiger partial charge in [0.1, 0.15) is 11.5 Å². The van der Waals surface area contributed by atoms with Crippen molar-refractivity contribution in [3.63, 3.8) is 0 Å². The van der Waals surface area contributed by atoms with E-state index < -0.39 is 11.9 Å². The molecule has 9 nitrogen and oxygen atoms in total. The first-order valence-electron chi connectivity index (χ1n) is 11.4. The summed E-state index contributed by atoms with van der Waals surface area (Å²) >= 11 is 7.92. The molecule has 0 aliphatic rings. The fraction of sp³-hybridized carbons (Fsp3) is 0.154. The van der Waals surface area contributed by atoms with Crippen LogP contribution >= 0.6 is 43.6 Å². The molecule has 1 heterocycles. The normalized spacial score (nSPS) is 10.7. The molecular formula is C26H23Br2N5O4S. The maximum absolute atomic E-state index is 12.5. The molecule has 0 bridgehead atoms. The van der Waals surface area contributed by atoms with E-state index >= 15 is 0 Å². The molecule has 1 aromatic heterocycles. The fourth-order valence-corrected chi connectivity index (χ4v) is 5.43. The zero-order valence-electron chi connectivity index (χ0n) is 20.4. The number of rotatable bonds is 8. The molecule has 0 saturated heterocycles. The topological polar surface area (TPSA) is 118 Å². The molecule has 12 heteroatoms. The lowest BCUT2D eigenvalue weighted by Gasteiger charge is -2.12. The van der Waals surface area contributed by atoms with Gasteiger partial charge in [-0.25, -0.2) is 4.79 Å². The van der Waals surface area contributed by atoms with Crippen molar-refractivity contribution in [1.82, 2.24) is 20.1 Å². The summed E-state index contributed by atoms with van der Waals surface area (Å²) in [5, 5.41) is 24.7. The van der Waals surface area contributed by atoms with Gasteiger partial charge in [-0.05, 0) is 78.3 Å². The van der Waals surface area contributed by atoms with Gasteiger partial charge in [0.25, 0.3) is 0 Å². The van der Waals surface area contributed by atoms with Crippen LogP contribution in [0.3, 0.4) is 0 Å². The van der Waals surface area contributed by atoms with Crippen molar-refractivity contribution >= 4 is 61.2 Å². The molecule has 0 atom stereocenters. The Bertz CT molecular complexity index is 1460. The number of amides is 3. The lowest BCUT2D eigenvalue weighted by Crippen LogP contribution is -2.35. The van der Waals surface area contributed by atoms with Gasteiger partial charge in [0.05, 0.1) is 22.4 Å². The van der Waals surface area contributed by atoms with E-state index in [0.29, 0.717) is 39.1 Å². The highest BCUT2D eigenvalue weighted by Crippen LogP contribution is 2.39. The Balaban J connectivity index is 1.51. The number of thioether (sulfide) groups is 1.